The molecule has 2 aliphatic rings. The first-order valence-electron chi connectivity index (χ1n) is 7.78. The van der Waals surface area contributed by atoms with Gasteiger partial charge in [-0.3, -0.25) is 4.90 Å². The summed E-state index contributed by atoms with van der Waals surface area (Å²) in [5.41, 5.74) is 0.905. The van der Waals surface area contributed by atoms with Gasteiger partial charge in [-0.15, -0.1) is 0 Å². The largest absolute Gasteiger partial charge is 0.314 e. The minimum Gasteiger partial charge on any atom is -0.314 e. The van der Waals surface area contributed by atoms with Crippen LogP contribution in [0.25, 0.3) is 0 Å². The molecule has 0 bridgehead atoms. The van der Waals surface area contributed by atoms with Crippen LogP contribution in [-0.2, 0) is 5.41 Å². The van der Waals surface area contributed by atoms with Gasteiger partial charge in [0.05, 0.1) is 11.5 Å². The molecule has 0 radical (unpaired) electrons. The number of benzene rings is 1. The summed E-state index contributed by atoms with van der Waals surface area (Å²) in [4.78, 5) is 2.55. The van der Waals surface area contributed by atoms with Crippen molar-refractivity contribution in [1.29, 1.82) is 5.26 Å². The van der Waals surface area contributed by atoms with Gasteiger partial charge < -0.3 is 5.32 Å². The maximum Gasteiger partial charge on any atom is 0.0976 e. The Morgan fingerprint density at radius 3 is 2.60 bits per heavy atom. The second-order valence-electron chi connectivity index (χ2n) is 6.00. The highest BCUT2D eigenvalue weighted by molar-refractivity contribution is 5.36. The average molecular weight is 269 g/mol. The standard InChI is InChI=1S/C17H23N3/c18-14-17(15-6-2-1-3-7-15)9-5-4-8-16(17)20-12-10-19-11-13-20/h1-3,6-7,16,19H,4-5,8-13H2. The van der Waals surface area contributed by atoms with E-state index in [0.29, 0.717) is 6.04 Å². The van der Waals surface area contributed by atoms with Crippen LogP contribution in [0.15, 0.2) is 30.3 Å². The fraction of sp³-hybridized carbons (Fsp3) is 0.588. The Morgan fingerprint density at radius 2 is 1.90 bits per heavy atom. The molecule has 1 aromatic carbocycles. The number of nitrogens with one attached hydrogen (secondary N) is 1. The molecule has 1 saturated carbocycles. The third-order valence-corrected chi connectivity index (χ3v) is 4.95. The van der Waals surface area contributed by atoms with Crippen molar-refractivity contribution in [3.63, 3.8) is 0 Å². The molecular weight excluding hydrogens is 246 g/mol. The van der Waals surface area contributed by atoms with Crippen LogP contribution in [-0.4, -0.2) is 37.1 Å². The van der Waals surface area contributed by atoms with E-state index in [1.165, 1.54) is 18.4 Å². The molecule has 1 aliphatic carbocycles. The lowest BCUT2D eigenvalue weighted by molar-refractivity contribution is 0.0925. The van der Waals surface area contributed by atoms with E-state index in [1.807, 2.05) is 6.07 Å². The summed E-state index contributed by atoms with van der Waals surface area (Å²) in [6, 6.07) is 13.6. The summed E-state index contributed by atoms with van der Waals surface area (Å²) >= 11 is 0. The Bertz CT molecular complexity index is 473. The summed E-state index contributed by atoms with van der Waals surface area (Å²) in [6.45, 7) is 4.24. The minimum absolute atomic E-state index is 0.309. The Kier molecular flexibility index (Phi) is 4.05. The average Bonchev–Trinajstić information content (AvgIpc) is 2.56. The molecule has 1 aromatic rings. The normalized spacial score (nSPS) is 31.6. The first-order chi connectivity index (χ1) is 9.87. The molecule has 2 unspecified atom stereocenters. The van der Waals surface area contributed by atoms with Crippen LogP contribution in [0.5, 0.6) is 0 Å². The molecule has 2 fully saturated rings. The predicted molar refractivity (Wildman–Crippen MR) is 80.4 cm³/mol. The Labute approximate surface area is 121 Å². The number of hydrogen-bond donors (Lipinski definition) is 1. The van der Waals surface area contributed by atoms with Gasteiger partial charge in [-0.25, -0.2) is 0 Å². The van der Waals surface area contributed by atoms with E-state index in [2.05, 4.69) is 40.6 Å². The SMILES string of the molecule is N#CC1(c2ccccc2)CCCCC1N1CCNCC1. The summed E-state index contributed by atoms with van der Waals surface area (Å²) < 4.78 is 0. The molecule has 1 aliphatic heterocycles. The van der Waals surface area contributed by atoms with E-state index >= 15 is 0 Å². The first-order valence-corrected chi connectivity index (χ1v) is 7.78. The maximum atomic E-state index is 10.0. The highest BCUT2D eigenvalue weighted by Crippen LogP contribution is 2.41. The van der Waals surface area contributed by atoms with E-state index in [9.17, 15) is 5.26 Å². The van der Waals surface area contributed by atoms with Crippen molar-refractivity contribution in [2.45, 2.75) is 37.1 Å². The Hall–Kier alpha value is -1.37. The van der Waals surface area contributed by atoms with Crippen LogP contribution in [0, 0.1) is 11.3 Å². The smallest absolute Gasteiger partial charge is 0.0976 e. The zero-order valence-corrected chi connectivity index (χ0v) is 12.0. The van der Waals surface area contributed by atoms with Crippen LogP contribution in [0.1, 0.15) is 31.2 Å². The van der Waals surface area contributed by atoms with E-state index < -0.39 is 0 Å². The quantitative estimate of drug-likeness (QED) is 0.895. The molecule has 1 saturated heterocycles. The summed E-state index contributed by atoms with van der Waals surface area (Å²) in [6.07, 6.45) is 4.58. The molecule has 1 heterocycles. The third kappa shape index (κ3) is 2.34. The fourth-order valence-electron chi connectivity index (χ4n) is 3.91. The van der Waals surface area contributed by atoms with Crippen LogP contribution in [0.3, 0.4) is 0 Å². The van der Waals surface area contributed by atoms with Gasteiger partial charge in [-0.1, -0.05) is 43.2 Å². The minimum atomic E-state index is -0.309. The molecule has 0 spiro atoms. The van der Waals surface area contributed by atoms with Gasteiger partial charge in [0.25, 0.3) is 0 Å². The highest BCUT2D eigenvalue weighted by atomic mass is 15.2. The van der Waals surface area contributed by atoms with Gasteiger partial charge in [0.2, 0.25) is 0 Å². The zero-order valence-electron chi connectivity index (χ0n) is 12.0. The van der Waals surface area contributed by atoms with Gasteiger partial charge >= 0.3 is 0 Å². The molecule has 0 aromatic heterocycles. The van der Waals surface area contributed by atoms with Crippen LogP contribution in [0.2, 0.25) is 0 Å². The summed E-state index contributed by atoms with van der Waals surface area (Å²) in [5, 5.41) is 13.4. The third-order valence-electron chi connectivity index (χ3n) is 4.95. The van der Waals surface area contributed by atoms with Gasteiger partial charge in [-0.05, 0) is 18.4 Å². The Morgan fingerprint density at radius 1 is 1.15 bits per heavy atom. The van der Waals surface area contributed by atoms with Gasteiger partial charge in [0.1, 0.15) is 0 Å². The molecule has 3 heteroatoms. The van der Waals surface area contributed by atoms with Crippen molar-refractivity contribution in [3.05, 3.63) is 35.9 Å². The summed E-state index contributed by atoms with van der Waals surface area (Å²) in [7, 11) is 0. The van der Waals surface area contributed by atoms with E-state index in [1.54, 1.807) is 0 Å². The molecule has 3 nitrogen and oxygen atoms in total. The van der Waals surface area contributed by atoms with Crippen molar-refractivity contribution >= 4 is 0 Å². The maximum absolute atomic E-state index is 10.0. The fourth-order valence-corrected chi connectivity index (χ4v) is 3.91. The number of rotatable bonds is 2. The van der Waals surface area contributed by atoms with Crippen molar-refractivity contribution in [2.24, 2.45) is 0 Å². The predicted octanol–water partition coefficient (Wildman–Crippen LogP) is 2.30. The van der Waals surface area contributed by atoms with Gasteiger partial charge in [0.15, 0.2) is 0 Å². The molecular formula is C17H23N3. The first kappa shape index (κ1) is 13.6. The van der Waals surface area contributed by atoms with Gasteiger partial charge in [-0.2, -0.15) is 5.26 Å². The molecule has 1 N–H and O–H groups in total. The van der Waals surface area contributed by atoms with E-state index in [-0.39, 0.29) is 5.41 Å². The van der Waals surface area contributed by atoms with Crippen molar-refractivity contribution < 1.29 is 0 Å². The monoisotopic (exact) mass is 269 g/mol. The number of nitriles is 1. The zero-order chi connectivity index (χ0) is 13.8. The molecule has 106 valence electrons. The van der Waals surface area contributed by atoms with Crippen LogP contribution in [0.4, 0.5) is 0 Å². The molecule has 2 atom stereocenters. The van der Waals surface area contributed by atoms with Crippen molar-refractivity contribution in [2.75, 3.05) is 26.2 Å². The lowest BCUT2D eigenvalue weighted by Gasteiger charge is -2.46. The summed E-state index contributed by atoms with van der Waals surface area (Å²) in [5.74, 6) is 0. The van der Waals surface area contributed by atoms with Crippen LogP contribution >= 0.6 is 0 Å². The lowest BCUT2D eigenvalue weighted by Crippen LogP contribution is -2.57. The van der Waals surface area contributed by atoms with E-state index in [0.717, 1.165) is 39.0 Å². The van der Waals surface area contributed by atoms with Crippen molar-refractivity contribution in [1.82, 2.24) is 10.2 Å². The topological polar surface area (TPSA) is 39.1 Å². The van der Waals surface area contributed by atoms with Gasteiger partial charge in [0, 0.05) is 32.2 Å². The Balaban J connectivity index is 1.95. The van der Waals surface area contributed by atoms with Crippen molar-refractivity contribution in [3.8, 4) is 6.07 Å². The second kappa shape index (κ2) is 5.95. The van der Waals surface area contributed by atoms with Crippen LogP contribution < -0.4 is 5.32 Å². The van der Waals surface area contributed by atoms with E-state index in [4.69, 9.17) is 0 Å². The molecule has 20 heavy (non-hydrogen) atoms. The number of piperazine rings is 1. The molecule has 0 amide bonds. The second-order valence-corrected chi connectivity index (χ2v) is 6.00. The highest BCUT2D eigenvalue weighted by Gasteiger charge is 2.45. The number of hydrogen-bond acceptors (Lipinski definition) is 3. The lowest BCUT2D eigenvalue weighted by atomic mass is 9.66. The number of nitrogens with zero attached hydrogens (tertiary/aromatic N) is 2. The molecule has 3 rings (SSSR count).